The van der Waals surface area contributed by atoms with Crippen LogP contribution in [0.5, 0.6) is 0 Å². The minimum Gasteiger partial charge on any atom is -0.463 e. The molecular weight excluding hydrogens is 340 g/mol. The number of aliphatic hydroxyl groups is 1. The molecule has 1 saturated heterocycles. The van der Waals surface area contributed by atoms with Gasteiger partial charge in [-0.2, -0.15) is 0 Å². The summed E-state index contributed by atoms with van der Waals surface area (Å²) in [5.41, 5.74) is 0. The lowest BCUT2D eigenvalue weighted by atomic mass is 9.94. The summed E-state index contributed by atoms with van der Waals surface area (Å²) in [5.74, 6) is -1.87. The Bertz CT molecular complexity index is 479. The van der Waals surface area contributed by atoms with Crippen LogP contribution in [0.25, 0.3) is 0 Å². The highest BCUT2D eigenvalue weighted by Crippen LogP contribution is 2.29. The van der Waals surface area contributed by atoms with E-state index in [4.69, 9.17) is 28.4 Å². The number of hydrogen-bond donors (Lipinski definition) is 1. The molecule has 6 atom stereocenters. The number of esters is 3. The fraction of sp³-hybridized carbons (Fsp3) is 0.800. The highest BCUT2D eigenvalue weighted by molar-refractivity contribution is 5.67. The van der Waals surface area contributed by atoms with Gasteiger partial charge < -0.3 is 33.5 Å². The van der Waals surface area contributed by atoms with E-state index in [0.717, 1.165) is 0 Å². The van der Waals surface area contributed by atoms with Gasteiger partial charge in [-0.25, -0.2) is 0 Å². The highest BCUT2D eigenvalue weighted by atomic mass is 16.7. The van der Waals surface area contributed by atoms with Crippen molar-refractivity contribution in [1.82, 2.24) is 0 Å². The van der Waals surface area contributed by atoms with Gasteiger partial charge >= 0.3 is 17.9 Å². The van der Waals surface area contributed by atoms with Crippen LogP contribution < -0.4 is 0 Å². The van der Waals surface area contributed by atoms with Crippen molar-refractivity contribution in [2.75, 3.05) is 20.8 Å². The van der Waals surface area contributed by atoms with E-state index in [9.17, 15) is 19.5 Å². The van der Waals surface area contributed by atoms with Crippen LogP contribution in [0, 0.1) is 0 Å². The standard InChI is InChI=1S/C15H24O10/c1-7(16)22-6-10(20-4)11-12(23-8(2)17)13(24-9(3)18)14(21-5)15(19)25-11/h10-15,19H,6H2,1-5H3/t10-,11-,12-,13+,14-,15?/m1/s1. The number of ether oxygens (including phenoxy) is 6. The lowest BCUT2D eigenvalue weighted by Crippen LogP contribution is -2.64. The topological polar surface area (TPSA) is 127 Å². The monoisotopic (exact) mass is 364 g/mol. The number of aliphatic hydroxyl groups excluding tert-OH is 1. The Balaban J connectivity index is 3.15. The van der Waals surface area contributed by atoms with Crippen molar-refractivity contribution < 1.29 is 47.9 Å². The SMILES string of the molecule is CO[C@H](COC(C)=O)[C@H]1OC(O)[C@H](OC)[C@@H](OC(C)=O)[C@@H]1OC(C)=O. The van der Waals surface area contributed by atoms with Gasteiger partial charge in [-0.1, -0.05) is 0 Å². The van der Waals surface area contributed by atoms with Crippen LogP contribution in [0.3, 0.4) is 0 Å². The summed E-state index contributed by atoms with van der Waals surface area (Å²) in [4.78, 5) is 34.0. The Morgan fingerprint density at radius 1 is 0.960 bits per heavy atom. The van der Waals surface area contributed by atoms with E-state index in [2.05, 4.69) is 0 Å². The molecule has 0 aliphatic carbocycles. The summed E-state index contributed by atoms with van der Waals surface area (Å²) in [5, 5.41) is 10.2. The lowest BCUT2D eigenvalue weighted by Gasteiger charge is -2.44. The molecule has 0 aromatic rings. The van der Waals surface area contributed by atoms with Gasteiger partial charge in [0.25, 0.3) is 0 Å². The smallest absolute Gasteiger partial charge is 0.303 e. The molecule has 1 unspecified atom stereocenters. The molecule has 25 heavy (non-hydrogen) atoms. The fourth-order valence-electron chi connectivity index (χ4n) is 2.55. The van der Waals surface area contributed by atoms with Crippen molar-refractivity contribution in [3.8, 4) is 0 Å². The van der Waals surface area contributed by atoms with Crippen LogP contribution in [0.15, 0.2) is 0 Å². The first kappa shape index (κ1) is 21.3. The average molecular weight is 364 g/mol. The molecule has 144 valence electrons. The van der Waals surface area contributed by atoms with Crippen LogP contribution in [0.4, 0.5) is 0 Å². The molecule has 10 nitrogen and oxygen atoms in total. The van der Waals surface area contributed by atoms with E-state index < -0.39 is 54.7 Å². The van der Waals surface area contributed by atoms with Gasteiger partial charge in [0.1, 0.15) is 24.9 Å². The fourth-order valence-corrected chi connectivity index (χ4v) is 2.55. The first-order valence-corrected chi connectivity index (χ1v) is 7.58. The summed E-state index contributed by atoms with van der Waals surface area (Å²) < 4.78 is 31.1. The second-order valence-electron chi connectivity index (χ2n) is 5.42. The van der Waals surface area contributed by atoms with Gasteiger partial charge in [0.15, 0.2) is 18.5 Å². The van der Waals surface area contributed by atoms with E-state index in [0.29, 0.717) is 0 Å². The first-order chi connectivity index (χ1) is 11.7. The van der Waals surface area contributed by atoms with Crippen molar-refractivity contribution in [3.63, 3.8) is 0 Å². The molecule has 0 aromatic carbocycles. The van der Waals surface area contributed by atoms with Gasteiger partial charge in [0, 0.05) is 35.0 Å². The maximum absolute atomic E-state index is 11.5. The van der Waals surface area contributed by atoms with Gasteiger partial charge in [-0.15, -0.1) is 0 Å². The number of carbonyl (C=O) groups excluding carboxylic acids is 3. The Morgan fingerprint density at radius 2 is 1.52 bits per heavy atom. The van der Waals surface area contributed by atoms with E-state index in [1.54, 1.807) is 0 Å². The Labute approximate surface area is 145 Å². The largest absolute Gasteiger partial charge is 0.463 e. The van der Waals surface area contributed by atoms with Crippen LogP contribution in [-0.2, 0) is 42.8 Å². The first-order valence-electron chi connectivity index (χ1n) is 7.58. The molecule has 1 N–H and O–H groups in total. The van der Waals surface area contributed by atoms with Crippen molar-refractivity contribution in [2.45, 2.75) is 57.6 Å². The van der Waals surface area contributed by atoms with Crippen LogP contribution in [-0.4, -0.2) is 80.7 Å². The Kier molecular flexibility index (Phi) is 8.23. The third-order valence-corrected chi connectivity index (χ3v) is 3.55. The van der Waals surface area contributed by atoms with Crippen molar-refractivity contribution in [1.29, 1.82) is 0 Å². The lowest BCUT2D eigenvalue weighted by molar-refractivity contribution is -0.309. The second kappa shape index (κ2) is 9.66. The molecule has 0 spiro atoms. The summed E-state index contributed by atoms with van der Waals surface area (Å²) >= 11 is 0. The van der Waals surface area contributed by atoms with Crippen LogP contribution >= 0.6 is 0 Å². The number of hydrogen-bond acceptors (Lipinski definition) is 10. The molecule has 1 heterocycles. The van der Waals surface area contributed by atoms with E-state index in [1.807, 2.05) is 0 Å². The van der Waals surface area contributed by atoms with E-state index >= 15 is 0 Å². The summed E-state index contributed by atoms with van der Waals surface area (Å²) in [7, 11) is 2.61. The predicted octanol–water partition coefficient (Wildman–Crippen LogP) is -0.840. The normalized spacial score (nSPS) is 30.2. The van der Waals surface area contributed by atoms with Crippen LogP contribution in [0.2, 0.25) is 0 Å². The van der Waals surface area contributed by atoms with Gasteiger partial charge in [0.2, 0.25) is 0 Å². The summed E-state index contributed by atoms with van der Waals surface area (Å²) in [6.45, 7) is 3.34. The van der Waals surface area contributed by atoms with E-state index in [-0.39, 0.29) is 6.61 Å². The van der Waals surface area contributed by atoms with Gasteiger partial charge in [-0.05, 0) is 0 Å². The number of methoxy groups -OCH3 is 2. The predicted molar refractivity (Wildman–Crippen MR) is 80.2 cm³/mol. The molecule has 0 amide bonds. The highest BCUT2D eigenvalue weighted by Gasteiger charge is 2.52. The Morgan fingerprint density at radius 3 is 1.96 bits per heavy atom. The number of rotatable bonds is 7. The minimum absolute atomic E-state index is 0.217. The van der Waals surface area contributed by atoms with Gasteiger partial charge in [0.05, 0.1) is 0 Å². The zero-order chi connectivity index (χ0) is 19.1. The molecular formula is C15H24O10. The molecule has 1 fully saturated rings. The zero-order valence-electron chi connectivity index (χ0n) is 14.8. The molecule has 1 rings (SSSR count). The van der Waals surface area contributed by atoms with E-state index in [1.165, 1.54) is 35.0 Å². The van der Waals surface area contributed by atoms with Crippen molar-refractivity contribution in [3.05, 3.63) is 0 Å². The molecule has 1 aliphatic heterocycles. The maximum Gasteiger partial charge on any atom is 0.303 e. The molecule has 1 aliphatic rings. The molecule has 0 aromatic heterocycles. The molecule has 10 heteroatoms. The third-order valence-electron chi connectivity index (χ3n) is 3.55. The second-order valence-corrected chi connectivity index (χ2v) is 5.42. The third kappa shape index (κ3) is 5.92. The summed E-state index contributed by atoms with van der Waals surface area (Å²) in [6.07, 6.45) is -6.82. The molecule has 0 bridgehead atoms. The van der Waals surface area contributed by atoms with Crippen molar-refractivity contribution >= 4 is 17.9 Å². The molecule has 0 saturated carbocycles. The average Bonchev–Trinajstić information content (AvgIpc) is 2.50. The number of carbonyl (C=O) groups is 3. The minimum atomic E-state index is -1.49. The van der Waals surface area contributed by atoms with Crippen LogP contribution in [0.1, 0.15) is 20.8 Å². The maximum atomic E-state index is 11.5. The zero-order valence-corrected chi connectivity index (χ0v) is 14.8. The van der Waals surface area contributed by atoms with Crippen molar-refractivity contribution in [2.24, 2.45) is 0 Å². The Hall–Kier alpha value is -1.75. The molecule has 0 radical (unpaired) electrons. The quantitative estimate of drug-likeness (QED) is 0.451. The summed E-state index contributed by atoms with van der Waals surface area (Å²) in [6, 6.07) is 0. The van der Waals surface area contributed by atoms with Gasteiger partial charge in [-0.3, -0.25) is 14.4 Å².